The molecular weight excluding hydrogens is 372 g/mol. The Kier molecular flexibility index (Phi) is 5.21. The predicted molar refractivity (Wildman–Crippen MR) is 97.0 cm³/mol. The van der Waals surface area contributed by atoms with E-state index in [0.29, 0.717) is 57.9 Å². The molecule has 1 aromatic carbocycles. The smallest absolute Gasteiger partial charge is 0.223 e. The molecule has 2 aromatic rings. The van der Waals surface area contributed by atoms with Crippen molar-refractivity contribution < 1.29 is 18.3 Å². The van der Waals surface area contributed by atoms with Gasteiger partial charge in [-0.3, -0.25) is 14.7 Å². The van der Waals surface area contributed by atoms with Gasteiger partial charge in [-0.25, -0.2) is 8.78 Å². The zero-order valence-electron chi connectivity index (χ0n) is 14.9. The molecule has 3 heterocycles. The van der Waals surface area contributed by atoms with Crippen molar-refractivity contribution in [3.63, 3.8) is 0 Å². The molecular formula is C19H21F2N3O2S. The average Bonchev–Trinajstić information content (AvgIpc) is 3.18. The van der Waals surface area contributed by atoms with Gasteiger partial charge in [-0.1, -0.05) is 0 Å². The molecule has 0 radical (unpaired) electrons. The minimum atomic E-state index is -0.445. The second-order valence-electron chi connectivity index (χ2n) is 7.39. The van der Waals surface area contributed by atoms with Crippen molar-refractivity contribution in [3.05, 3.63) is 52.0 Å². The van der Waals surface area contributed by atoms with Crippen molar-refractivity contribution in [2.24, 2.45) is 5.41 Å². The third-order valence-electron chi connectivity index (χ3n) is 5.16. The van der Waals surface area contributed by atoms with E-state index < -0.39 is 11.6 Å². The first-order valence-corrected chi connectivity index (χ1v) is 9.80. The van der Waals surface area contributed by atoms with E-state index in [1.807, 2.05) is 4.90 Å². The highest BCUT2D eigenvalue weighted by Crippen LogP contribution is 2.35. The normalized spacial score (nSPS) is 23.9. The molecule has 0 unspecified atom stereocenters. The van der Waals surface area contributed by atoms with Crippen LogP contribution in [0.2, 0.25) is 0 Å². The van der Waals surface area contributed by atoms with Crippen LogP contribution in [-0.4, -0.2) is 53.5 Å². The quantitative estimate of drug-likeness (QED) is 0.801. The first kappa shape index (κ1) is 18.5. The fraction of sp³-hybridized carbons (Fsp3) is 0.474. The van der Waals surface area contributed by atoms with E-state index in [2.05, 4.69) is 9.88 Å². The number of nitrogens with zero attached hydrogens (tertiary/aromatic N) is 3. The van der Waals surface area contributed by atoms with Gasteiger partial charge < -0.3 is 9.64 Å². The van der Waals surface area contributed by atoms with Crippen molar-refractivity contribution >= 4 is 17.2 Å². The largest absolute Gasteiger partial charge is 0.379 e. The zero-order chi connectivity index (χ0) is 18.9. The van der Waals surface area contributed by atoms with Crippen molar-refractivity contribution in [2.75, 3.05) is 32.8 Å². The third-order valence-corrected chi connectivity index (χ3v) is 5.92. The summed E-state index contributed by atoms with van der Waals surface area (Å²) in [4.78, 5) is 21.6. The fourth-order valence-corrected chi connectivity index (χ4v) is 4.57. The highest BCUT2D eigenvalue weighted by Gasteiger charge is 2.45. The van der Waals surface area contributed by atoms with Crippen molar-refractivity contribution in [1.82, 2.24) is 14.8 Å². The monoisotopic (exact) mass is 393 g/mol. The number of ether oxygens (including phenoxy) is 1. The molecule has 0 bridgehead atoms. The summed E-state index contributed by atoms with van der Waals surface area (Å²) >= 11 is 1.53. The molecule has 2 aliphatic rings. The highest BCUT2D eigenvalue weighted by atomic mass is 32.1. The average molecular weight is 393 g/mol. The summed E-state index contributed by atoms with van der Waals surface area (Å²) in [6, 6.07) is 3.52. The highest BCUT2D eigenvalue weighted by molar-refractivity contribution is 7.09. The van der Waals surface area contributed by atoms with Crippen LogP contribution in [0.1, 0.15) is 16.9 Å². The van der Waals surface area contributed by atoms with Crippen LogP contribution in [0.3, 0.4) is 0 Å². The van der Waals surface area contributed by atoms with Crippen LogP contribution >= 0.6 is 11.3 Å². The van der Waals surface area contributed by atoms with Gasteiger partial charge in [0.1, 0.15) is 11.6 Å². The standard InChI is InChI=1S/C19H21F2N3O2S/c20-15-1-2-17(21)14(5-15)8-23-3-4-26-12-19(10-23)6-18(25)24(11-19)9-16-7-22-13-27-16/h1-2,5,7,13H,3-4,6,8-12H2/t19-/m0/s1. The van der Waals surface area contributed by atoms with Gasteiger partial charge in [0, 0.05) is 54.7 Å². The van der Waals surface area contributed by atoms with E-state index in [9.17, 15) is 13.6 Å². The van der Waals surface area contributed by atoms with E-state index in [0.717, 1.165) is 17.0 Å². The van der Waals surface area contributed by atoms with Gasteiger partial charge in [0.05, 0.1) is 25.3 Å². The number of hydrogen-bond acceptors (Lipinski definition) is 5. The number of thiazole rings is 1. The van der Waals surface area contributed by atoms with Crippen molar-refractivity contribution in [2.45, 2.75) is 19.5 Å². The van der Waals surface area contributed by atoms with Gasteiger partial charge in [-0.2, -0.15) is 0 Å². The van der Waals surface area contributed by atoms with Gasteiger partial charge in [0.25, 0.3) is 0 Å². The molecule has 1 amide bonds. The number of carbonyl (C=O) groups excluding carboxylic acids is 1. The summed E-state index contributed by atoms with van der Waals surface area (Å²) in [5.74, 6) is -0.755. The van der Waals surface area contributed by atoms with Gasteiger partial charge in [-0.15, -0.1) is 11.3 Å². The maximum Gasteiger partial charge on any atom is 0.223 e. The van der Waals surface area contributed by atoms with E-state index in [1.165, 1.54) is 17.4 Å². The lowest BCUT2D eigenvalue weighted by molar-refractivity contribution is -0.128. The maximum atomic E-state index is 14.0. The summed E-state index contributed by atoms with van der Waals surface area (Å²) in [5, 5.41) is 0. The first-order valence-electron chi connectivity index (χ1n) is 8.92. The predicted octanol–water partition coefficient (Wildman–Crippen LogP) is 2.67. The van der Waals surface area contributed by atoms with Crippen LogP contribution in [0.4, 0.5) is 8.78 Å². The molecule has 1 spiro atoms. The minimum Gasteiger partial charge on any atom is -0.379 e. The van der Waals surface area contributed by atoms with Crippen molar-refractivity contribution in [1.29, 1.82) is 0 Å². The van der Waals surface area contributed by atoms with Crippen LogP contribution in [-0.2, 0) is 22.6 Å². The number of carbonyl (C=O) groups is 1. The summed E-state index contributed by atoms with van der Waals surface area (Å²) < 4.78 is 33.3. The Hall–Kier alpha value is -1.90. The second kappa shape index (κ2) is 7.61. The molecule has 0 saturated carbocycles. The molecule has 2 saturated heterocycles. The van der Waals surface area contributed by atoms with Gasteiger partial charge in [0.15, 0.2) is 0 Å². The Balaban J connectivity index is 1.48. The van der Waals surface area contributed by atoms with E-state index in [1.54, 1.807) is 11.7 Å². The van der Waals surface area contributed by atoms with Crippen LogP contribution in [0, 0.1) is 17.0 Å². The Labute approximate surface area is 160 Å². The molecule has 0 N–H and O–H groups in total. The topological polar surface area (TPSA) is 45.7 Å². The Morgan fingerprint density at radius 1 is 1.26 bits per heavy atom. The molecule has 8 heteroatoms. The molecule has 4 rings (SSSR count). The minimum absolute atomic E-state index is 0.103. The van der Waals surface area contributed by atoms with Crippen LogP contribution in [0.15, 0.2) is 29.9 Å². The molecule has 1 aromatic heterocycles. The SMILES string of the molecule is O=C1C[C@@]2(COCCN(Cc3cc(F)ccc3F)C2)CN1Cc1cncs1. The lowest BCUT2D eigenvalue weighted by Gasteiger charge is -2.31. The third kappa shape index (κ3) is 4.17. The molecule has 144 valence electrons. The number of aromatic nitrogens is 1. The lowest BCUT2D eigenvalue weighted by Crippen LogP contribution is -2.40. The lowest BCUT2D eigenvalue weighted by atomic mass is 9.87. The first-order chi connectivity index (χ1) is 13.0. The summed E-state index contributed by atoms with van der Waals surface area (Å²) in [5.41, 5.74) is 1.77. The molecule has 27 heavy (non-hydrogen) atoms. The Morgan fingerprint density at radius 2 is 2.15 bits per heavy atom. The molecule has 1 atom stereocenters. The zero-order valence-corrected chi connectivity index (χ0v) is 15.7. The molecule has 2 aliphatic heterocycles. The fourth-order valence-electron chi connectivity index (χ4n) is 3.96. The number of hydrogen-bond donors (Lipinski definition) is 0. The Morgan fingerprint density at radius 3 is 2.96 bits per heavy atom. The number of benzene rings is 1. The van der Waals surface area contributed by atoms with E-state index >= 15 is 0 Å². The maximum absolute atomic E-state index is 14.0. The molecule has 2 fully saturated rings. The summed E-state index contributed by atoms with van der Waals surface area (Å²) in [6.07, 6.45) is 2.19. The van der Waals surface area contributed by atoms with Crippen LogP contribution in [0.5, 0.6) is 0 Å². The summed E-state index contributed by atoms with van der Waals surface area (Å²) in [6.45, 7) is 3.73. The van der Waals surface area contributed by atoms with Crippen LogP contribution in [0.25, 0.3) is 0 Å². The number of halogens is 2. The van der Waals surface area contributed by atoms with Gasteiger partial charge in [0.2, 0.25) is 5.91 Å². The van der Waals surface area contributed by atoms with E-state index in [-0.39, 0.29) is 11.3 Å². The second-order valence-corrected chi connectivity index (χ2v) is 8.36. The van der Waals surface area contributed by atoms with Crippen LogP contribution < -0.4 is 0 Å². The van der Waals surface area contributed by atoms with Gasteiger partial charge >= 0.3 is 0 Å². The number of rotatable bonds is 4. The van der Waals surface area contributed by atoms with Crippen molar-refractivity contribution in [3.8, 4) is 0 Å². The molecule has 0 aliphatic carbocycles. The number of amides is 1. The van der Waals surface area contributed by atoms with Gasteiger partial charge in [-0.05, 0) is 18.2 Å². The summed E-state index contributed by atoms with van der Waals surface area (Å²) in [7, 11) is 0. The Bertz CT molecular complexity index is 817. The molecule has 5 nitrogen and oxygen atoms in total. The van der Waals surface area contributed by atoms with E-state index in [4.69, 9.17) is 4.74 Å². The number of likely N-dealkylation sites (tertiary alicyclic amines) is 1.